The van der Waals surface area contributed by atoms with Gasteiger partial charge in [-0.2, -0.15) is 0 Å². The van der Waals surface area contributed by atoms with E-state index in [1.807, 2.05) is 0 Å². The molecule has 114 valence electrons. The molecule has 0 saturated carbocycles. The van der Waals surface area contributed by atoms with Crippen molar-refractivity contribution in [2.75, 3.05) is 11.9 Å². The summed E-state index contributed by atoms with van der Waals surface area (Å²) in [6.07, 6.45) is 1.45. The smallest absolute Gasteiger partial charge is 0.329 e. The van der Waals surface area contributed by atoms with Gasteiger partial charge in [0.05, 0.1) is 4.47 Å². The quantitative estimate of drug-likeness (QED) is 0.869. The molecule has 2 amide bonds. The normalized spacial score (nSPS) is 21.4. The van der Waals surface area contributed by atoms with Gasteiger partial charge in [-0.25, -0.2) is 14.0 Å². The molecule has 1 aromatic carbocycles. The van der Waals surface area contributed by atoms with E-state index in [4.69, 9.17) is 0 Å². The van der Waals surface area contributed by atoms with Crippen molar-refractivity contribution >= 4 is 33.6 Å². The van der Waals surface area contributed by atoms with Crippen LogP contribution in [0.25, 0.3) is 0 Å². The molecule has 0 radical (unpaired) electrons. The first-order chi connectivity index (χ1) is 9.90. The van der Waals surface area contributed by atoms with Crippen molar-refractivity contribution in [1.29, 1.82) is 0 Å². The number of anilines is 1. The second-order valence-corrected chi connectivity index (χ2v) is 5.86. The van der Waals surface area contributed by atoms with Crippen LogP contribution in [0, 0.1) is 5.82 Å². The third-order valence-corrected chi connectivity index (χ3v) is 4.50. The molecule has 7 heteroatoms. The summed E-state index contributed by atoms with van der Waals surface area (Å²) < 4.78 is 13.4. The number of hydrogen-bond acceptors (Lipinski definition) is 2. The third-order valence-electron chi connectivity index (χ3n) is 3.89. The molecular formula is C14H16BrFN2O3. The average Bonchev–Trinajstić information content (AvgIpc) is 2.88. The van der Waals surface area contributed by atoms with Gasteiger partial charge in [-0.1, -0.05) is 6.92 Å². The Labute approximate surface area is 130 Å². The topological polar surface area (TPSA) is 69.6 Å². The standard InChI is InChI=1S/C14H16BrFN2O3/c1-2-14(12(19)20)6-3-7-18(14)13(21)17-9-4-5-11(16)10(15)8-9/h4-5,8H,2-3,6-7H2,1H3,(H,17,21)(H,19,20). The van der Waals surface area contributed by atoms with E-state index in [2.05, 4.69) is 21.2 Å². The highest BCUT2D eigenvalue weighted by atomic mass is 79.9. The average molecular weight is 359 g/mol. The van der Waals surface area contributed by atoms with Gasteiger partial charge >= 0.3 is 12.0 Å². The minimum atomic E-state index is -1.15. The number of nitrogens with one attached hydrogen (secondary N) is 1. The number of hydrogen-bond donors (Lipinski definition) is 2. The molecule has 21 heavy (non-hydrogen) atoms. The zero-order chi connectivity index (χ0) is 15.6. The second-order valence-electron chi connectivity index (χ2n) is 5.00. The van der Waals surface area contributed by atoms with E-state index in [1.54, 1.807) is 6.92 Å². The number of rotatable bonds is 3. The Morgan fingerprint density at radius 3 is 2.81 bits per heavy atom. The molecule has 2 N–H and O–H groups in total. The number of carbonyl (C=O) groups is 2. The lowest BCUT2D eigenvalue weighted by Gasteiger charge is -2.33. The number of likely N-dealkylation sites (tertiary alicyclic amines) is 1. The second kappa shape index (κ2) is 6.01. The number of carbonyl (C=O) groups excluding carboxylic acids is 1. The number of carboxylic acid groups (broad SMARTS) is 1. The van der Waals surface area contributed by atoms with Crippen molar-refractivity contribution in [3.63, 3.8) is 0 Å². The Kier molecular flexibility index (Phi) is 4.51. The summed E-state index contributed by atoms with van der Waals surface area (Å²) in [5.41, 5.74) is -0.739. The highest BCUT2D eigenvalue weighted by Crippen LogP contribution is 2.33. The molecular weight excluding hydrogens is 343 g/mol. The molecule has 1 saturated heterocycles. The number of urea groups is 1. The number of benzene rings is 1. The van der Waals surface area contributed by atoms with E-state index in [1.165, 1.54) is 23.1 Å². The summed E-state index contributed by atoms with van der Waals surface area (Å²) in [5, 5.41) is 12.1. The molecule has 0 aliphatic carbocycles. The largest absolute Gasteiger partial charge is 0.479 e. The molecule has 0 spiro atoms. The number of aliphatic carboxylic acids is 1. The lowest BCUT2D eigenvalue weighted by Crippen LogP contribution is -2.54. The molecule has 1 heterocycles. The maximum atomic E-state index is 13.2. The molecule has 0 bridgehead atoms. The Bertz CT molecular complexity index is 581. The van der Waals surface area contributed by atoms with Crippen LogP contribution < -0.4 is 5.32 Å². The van der Waals surface area contributed by atoms with Crippen molar-refractivity contribution in [2.24, 2.45) is 0 Å². The highest BCUT2D eigenvalue weighted by Gasteiger charge is 2.48. The van der Waals surface area contributed by atoms with E-state index < -0.39 is 23.4 Å². The zero-order valence-corrected chi connectivity index (χ0v) is 13.1. The number of halogens is 2. The highest BCUT2D eigenvalue weighted by molar-refractivity contribution is 9.10. The SMILES string of the molecule is CCC1(C(=O)O)CCCN1C(=O)Nc1ccc(F)c(Br)c1. The first-order valence-corrected chi connectivity index (χ1v) is 7.47. The number of carboxylic acids is 1. The van der Waals surface area contributed by atoms with Crippen molar-refractivity contribution < 1.29 is 19.1 Å². The molecule has 1 aliphatic heterocycles. The van der Waals surface area contributed by atoms with Gasteiger partial charge in [-0.05, 0) is 53.4 Å². The first-order valence-electron chi connectivity index (χ1n) is 6.68. The summed E-state index contributed by atoms with van der Waals surface area (Å²) in [6.45, 7) is 2.16. The Hall–Kier alpha value is -1.63. The summed E-state index contributed by atoms with van der Waals surface area (Å²) in [5.74, 6) is -1.42. The minimum Gasteiger partial charge on any atom is -0.479 e. The van der Waals surface area contributed by atoms with Gasteiger partial charge < -0.3 is 15.3 Å². The van der Waals surface area contributed by atoms with E-state index in [0.717, 1.165) is 0 Å². The maximum absolute atomic E-state index is 13.2. The van der Waals surface area contributed by atoms with Crippen molar-refractivity contribution in [2.45, 2.75) is 31.7 Å². The van der Waals surface area contributed by atoms with Gasteiger partial charge in [0.15, 0.2) is 0 Å². The molecule has 1 unspecified atom stereocenters. The summed E-state index contributed by atoms with van der Waals surface area (Å²) in [6, 6.07) is 3.63. The predicted molar refractivity (Wildman–Crippen MR) is 79.7 cm³/mol. The van der Waals surface area contributed by atoms with Crippen molar-refractivity contribution in [1.82, 2.24) is 4.90 Å². The maximum Gasteiger partial charge on any atom is 0.329 e. The van der Waals surface area contributed by atoms with Crippen molar-refractivity contribution in [3.05, 3.63) is 28.5 Å². The van der Waals surface area contributed by atoms with Crippen LogP contribution in [0.5, 0.6) is 0 Å². The molecule has 2 rings (SSSR count). The van der Waals surface area contributed by atoms with E-state index in [-0.39, 0.29) is 4.47 Å². The van der Waals surface area contributed by atoms with Crippen LogP contribution in [0.1, 0.15) is 26.2 Å². The molecule has 1 aliphatic rings. The summed E-state index contributed by atoms with van der Waals surface area (Å²) in [4.78, 5) is 25.2. The van der Waals surface area contributed by atoms with Crippen LogP contribution in [0.15, 0.2) is 22.7 Å². The van der Waals surface area contributed by atoms with Crippen LogP contribution in [0.4, 0.5) is 14.9 Å². The lowest BCUT2D eigenvalue weighted by atomic mass is 9.93. The number of amides is 2. The van der Waals surface area contributed by atoms with Crippen LogP contribution in [-0.2, 0) is 4.79 Å². The Morgan fingerprint density at radius 2 is 2.24 bits per heavy atom. The summed E-state index contributed by atoms with van der Waals surface area (Å²) in [7, 11) is 0. The van der Waals surface area contributed by atoms with Crippen molar-refractivity contribution in [3.8, 4) is 0 Å². The minimum absolute atomic E-state index is 0.238. The lowest BCUT2D eigenvalue weighted by molar-refractivity contribution is -0.148. The van der Waals surface area contributed by atoms with Crippen LogP contribution >= 0.6 is 15.9 Å². The van der Waals surface area contributed by atoms with Gasteiger partial charge in [-0.3, -0.25) is 0 Å². The molecule has 1 atom stereocenters. The fourth-order valence-electron chi connectivity index (χ4n) is 2.68. The van der Waals surface area contributed by atoms with Gasteiger partial charge in [0.25, 0.3) is 0 Å². The van der Waals surface area contributed by atoms with Gasteiger partial charge in [-0.15, -0.1) is 0 Å². The molecule has 1 aromatic rings. The Balaban J connectivity index is 2.19. The van der Waals surface area contributed by atoms with E-state index in [0.29, 0.717) is 31.5 Å². The summed E-state index contributed by atoms with van der Waals surface area (Å²) >= 11 is 3.04. The molecule has 5 nitrogen and oxygen atoms in total. The fourth-order valence-corrected chi connectivity index (χ4v) is 3.06. The van der Waals surface area contributed by atoms with Crippen LogP contribution in [0.3, 0.4) is 0 Å². The molecule has 1 fully saturated rings. The predicted octanol–water partition coefficient (Wildman–Crippen LogP) is 3.45. The molecule has 0 aromatic heterocycles. The number of nitrogens with zero attached hydrogens (tertiary/aromatic N) is 1. The fraction of sp³-hybridized carbons (Fsp3) is 0.429. The van der Waals surface area contributed by atoms with E-state index >= 15 is 0 Å². The van der Waals surface area contributed by atoms with E-state index in [9.17, 15) is 19.1 Å². The first kappa shape index (κ1) is 15.8. The zero-order valence-electron chi connectivity index (χ0n) is 11.5. The van der Waals surface area contributed by atoms with Crippen LogP contribution in [-0.4, -0.2) is 34.1 Å². The van der Waals surface area contributed by atoms with Crippen LogP contribution in [0.2, 0.25) is 0 Å². The third kappa shape index (κ3) is 2.88. The monoisotopic (exact) mass is 358 g/mol. The van der Waals surface area contributed by atoms with Gasteiger partial charge in [0.1, 0.15) is 11.4 Å². The Morgan fingerprint density at radius 1 is 1.52 bits per heavy atom. The van der Waals surface area contributed by atoms with Gasteiger partial charge in [0, 0.05) is 12.2 Å². The van der Waals surface area contributed by atoms with Gasteiger partial charge in [0.2, 0.25) is 0 Å².